The van der Waals surface area contributed by atoms with Gasteiger partial charge in [-0.05, 0) is 79.7 Å². The van der Waals surface area contributed by atoms with Crippen LogP contribution in [0, 0.1) is 0 Å². The number of nitrogens with one attached hydrogen (secondary N) is 1. The predicted molar refractivity (Wildman–Crippen MR) is 145 cm³/mol. The van der Waals surface area contributed by atoms with Gasteiger partial charge >= 0.3 is 23.7 Å². The van der Waals surface area contributed by atoms with Gasteiger partial charge in [-0.15, -0.1) is 0 Å². The molecule has 230 valence electrons. The summed E-state index contributed by atoms with van der Waals surface area (Å²) >= 11 is -0.258. The number of pyridine rings is 1. The zero-order valence-electron chi connectivity index (χ0n) is 22.7. The van der Waals surface area contributed by atoms with Crippen LogP contribution < -0.4 is 15.0 Å². The summed E-state index contributed by atoms with van der Waals surface area (Å²) in [6, 6.07) is 15.5. The summed E-state index contributed by atoms with van der Waals surface area (Å²) in [5.41, 5.74) is -3.87. The Balaban J connectivity index is 0.000000646. The Labute approximate surface area is 245 Å². The number of anilines is 3. The highest BCUT2D eigenvalue weighted by Gasteiger charge is 2.51. The van der Waals surface area contributed by atoms with Gasteiger partial charge in [0.1, 0.15) is 17.1 Å². The molecule has 3 aromatic rings. The van der Waals surface area contributed by atoms with E-state index in [2.05, 4.69) is 10.3 Å². The maximum Gasteiger partial charge on any atom is 0.490 e. The van der Waals surface area contributed by atoms with E-state index in [1.54, 1.807) is 39.3 Å². The predicted octanol–water partition coefficient (Wildman–Crippen LogP) is 6.83. The number of methoxy groups -OCH3 is 1. The summed E-state index contributed by atoms with van der Waals surface area (Å²) in [5.74, 6) is -1.99. The lowest BCUT2D eigenvalue weighted by Crippen LogP contribution is -2.43. The third-order valence-corrected chi connectivity index (χ3v) is 6.64. The molecule has 4 rings (SSSR count). The third-order valence-electron chi connectivity index (χ3n) is 5.90. The van der Waals surface area contributed by atoms with E-state index in [1.807, 2.05) is 24.3 Å². The van der Waals surface area contributed by atoms with Crippen molar-refractivity contribution in [2.45, 2.75) is 42.5 Å². The smallest absolute Gasteiger partial charge is 0.490 e. The molecule has 0 aliphatic carbocycles. The number of aliphatic carboxylic acids is 1. The van der Waals surface area contributed by atoms with E-state index in [9.17, 15) is 35.9 Å². The number of imide groups is 1. The van der Waals surface area contributed by atoms with Crippen LogP contribution in [-0.2, 0) is 16.1 Å². The first-order valence-electron chi connectivity index (χ1n) is 12.1. The summed E-state index contributed by atoms with van der Waals surface area (Å²) in [5, 5.41) is 10.3. The number of halogens is 6. The van der Waals surface area contributed by atoms with Gasteiger partial charge in [-0.1, -0.05) is 6.07 Å². The second kappa shape index (κ2) is 12.8. The molecule has 0 atom stereocenters. The number of benzene rings is 2. The highest BCUT2D eigenvalue weighted by atomic mass is 32.2. The molecule has 0 saturated carbocycles. The Morgan fingerprint density at radius 3 is 2.21 bits per heavy atom. The van der Waals surface area contributed by atoms with Crippen molar-refractivity contribution in [3.63, 3.8) is 0 Å². The number of rotatable bonds is 7. The van der Waals surface area contributed by atoms with Crippen LogP contribution in [0.4, 0.5) is 48.3 Å². The monoisotopic (exact) mass is 630 g/mol. The second-order valence-electron chi connectivity index (χ2n) is 9.32. The van der Waals surface area contributed by atoms with Crippen LogP contribution in [0.25, 0.3) is 0 Å². The molecule has 2 aromatic carbocycles. The van der Waals surface area contributed by atoms with E-state index in [-0.39, 0.29) is 28.9 Å². The molecule has 2 heterocycles. The molecule has 1 aromatic heterocycles. The van der Waals surface area contributed by atoms with Gasteiger partial charge in [0.2, 0.25) is 0 Å². The molecule has 1 saturated heterocycles. The van der Waals surface area contributed by atoms with Crippen LogP contribution in [0.5, 0.6) is 5.75 Å². The van der Waals surface area contributed by atoms with Gasteiger partial charge in [-0.25, -0.2) is 19.5 Å². The number of carbonyl (C=O) groups is 3. The number of thioether (sulfide) groups is 1. The zero-order valence-corrected chi connectivity index (χ0v) is 23.5. The van der Waals surface area contributed by atoms with Gasteiger partial charge in [0.25, 0.3) is 5.91 Å². The number of urea groups is 1. The topological polar surface area (TPSA) is 112 Å². The lowest BCUT2D eigenvalue weighted by atomic mass is 10.0. The van der Waals surface area contributed by atoms with Crippen molar-refractivity contribution in [2.24, 2.45) is 0 Å². The maximum absolute atomic E-state index is 13.3. The minimum atomic E-state index is -5.08. The van der Waals surface area contributed by atoms with Crippen LogP contribution in [0.15, 0.2) is 71.8 Å². The fourth-order valence-electron chi connectivity index (χ4n) is 3.80. The van der Waals surface area contributed by atoms with E-state index in [4.69, 9.17) is 14.6 Å². The molecule has 2 N–H and O–H groups in total. The summed E-state index contributed by atoms with van der Waals surface area (Å²) in [6.45, 7) is 3.40. The molecule has 0 radical (unpaired) electrons. The number of amides is 3. The van der Waals surface area contributed by atoms with Gasteiger partial charge in [0.15, 0.2) is 0 Å². The number of hydrogen-bond acceptors (Lipinski definition) is 7. The van der Waals surface area contributed by atoms with Gasteiger partial charge in [0, 0.05) is 29.4 Å². The summed E-state index contributed by atoms with van der Waals surface area (Å²) in [7, 11) is 1.58. The van der Waals surface area contributed by atoms with Crippen molar-refractivity contribution in [1.82, 2.24) is 9.88 Å². The van der Waals surface area contributed by atoms with Crippen molar-refractivity contribution in [1.29, 1.82) is 0 Å². The number of nitrogens with zero attached hydrogens (tertiary/aromatic N) is 3. The van der Waals surface area contributed by atoms with Crippen LogP contribution in [0.1, 0.15) is 19.4 Å². The number of ether oxygens (including phenoxy) is 1. The number of carboxylic acid groups (broad SMARTS) is 1. The molecule has 1 aliphatic heterocycles. The van der Waals surface area contributed by atoms with Crippen LogP contribution >= 0.6 is 11.8 Å². The van der Waals surface area contributed by atoms with Crippen molar-refractivity contribution >= 4 is 46.9 Å². The largest absolute Gasteiger partial charge is 0.497 e. The standard InChI is InChI=1S/C25H23F3N4O3S.C2HF3O2/c1-24(2)22(33)32(18-7-9-20(10-8-18)36-25(26,27)28)23(34)31(24)15-16-11-12-29-21(13-16)30-17-5-4-6-19(14-17)35-3;3-2(4,5)1(6)7/h4-14H,15H2,1-3H3,(H,29,30);(H,6,7). The second-order valence-corrected chi connectivity index (χ2v) is 10.5. The minimum absolute atomic E-state index is 0.0330. The maximum atomic E-state index is 13.3. The SMILES string of the molecule is COc1cccc(Nc2cc(CN3C(=O)N(c4ccc(SC(F)(F)F)cc4)C(=O)C3(C)C)ccn2)c1.O=C(O)C(F)(F)F. The van der Waals surface area contributed by atoms with Crippen LogP contribution in [0.2, 0.25) is 0 Å². The molecule has 0 unspecified atom stereocenters. The van der Waals surface area contributed by atoms with Gasteiger partial charge in [0.05, 0.1) is 12.8 Å². The molecule has 1 fully saturated rings. The van der Waals surface area contributed by atoms with Gasteiger partial charge < -0.3 is 20.1 Å². The van der Waals surface area contributed by atoms with Crippen molar-refractivity contribution in [2.75, 3.05) is 17.3 Å². The minimum Gasteiger partial charge on any atom is -0.497 e. The highest BCUT2D eigenvalue weighted by molar-refractivity contribution is 8.00. The van der Waals surface area contributed by atoms with Crippen LogP contribution in [0.3, 0.4) is 0 Å². The molecule has 43 heavy (non-hydrogen) atoms. The summed E-state index contributed by atoms with van der Waals surface area (Å²) in [4.78, 5) is 42.1. The first-order chi connectivity index (χ1) is 19.9. The summed E-state index contributed by atoms with van der Waals surface area (Å²) < 4.78 is 74.9. The third kappa shape index (κ3) is 8.53. The van der Waals surface area contributed by atoms with E-state index >= 15 is 0 Å². The first kappa shape index (κ1) is 33.0. The Morgan fingerprint density at radius 1 is 1.02 bits per heavy atom. The van der Waals surface area contributed by atoms with Crippen LogP contribution in [-0.4, -0.2) is 57.2 Å². The number of hydrogen-bond donors (Lipinski definition) is 2. The van der Waals surface area contributed by atoms with Gasteiger partial charge in [-0.2, -0.15) is 26.3 Å². The quantitative estimate of drug-likeness (QED) is 0.166. The van der Waals surface area contributed by atoms with E-state index < -0.39 is 35.1 Å². The fraction of sp³-hybridized carbons (Fsp3) is 0.259. The zero-order chi connectivity index (χ0) is 32.2. The van der Waals surface area contributed by atoms with Crippen molar-refractivity contribution in [3.8, 4) is 5.75 Å². The van der Waals surface area contributed by atoms with E-state index in [0.29, 0.717) is 11.6 Å². The molecule has 0 spiro atoms. The van der Waals surface area contributed by atoms with Crippen molar-refractivity contribution in [3.05, 3.63) is 72.4 Å². The lowest BCUT2D eigenvalue weighted by Gasteiger charge is -2.27. The molecule has 1 aliphatic rings. The van der Waals surface area contributed by atoms with E-state index in [0.717, 1.165) is 16.2 Å². The number of alkyl halides is 6. The number of aromatic nitrogens is 1. The lowest BCUT2D eigenvalue weighted by molar-refractivity contribution is -0.192. The average molecular weight is 631 g/mol. The Morgan fingerprint density at radius 2 is 1.65 bits per heavy atom. The average Bonchev–Trinajstić information content (AvgIpc) is 3.07. The van der Waals surface area contributed by atoms with E-state index in [1.165, 1.54) is 29.2 Å². The molecular formula is C27H24F6N4O5S. The molecular weight excluding hydrogens is 606 g/mol. The highest BCUT2D eigenvalue weighted by Crippen LogP contribution is 2.39. The molecule has 16 heteroatoms. The number of carbonyl (C=O) groups excluding carboxylic acids is 2. The Bertz CT molecular complexity index is 1480. The molecule has 9 nitrogen and oxygen atoms in total. The fourth-order valence-corrected chi connectivity index (χ4v) is 4.34. The van der Waals surface area contributed by atoms with Gasteiger partial charge in [-0.3, -0.25) is 4.79 Å². The normalized spacial score (nSPS) is 14.7. The summed E-state index contributed by atoms with van der Waals surface area (Å²) in [6.07, 6.45) is -3.48. The van der Waals surface area contributed by atoms with Crippen molar-refractivity contribution < 1.29 is 50.6 Å². The molecule has 0 bridgehead atoms. The molecule has 3 amide bonds. The number of carboxylic acids is 1. The Kier molecular flexibility index (Phi) is 9.84. The Hall–Kier alpha value is -4.47. The first-order valence-corrected chi connectivity index (χ1v) is 12.9.